The Bertz CT molecular complexity index is 622. The van der Waals surface area contributed by atoms with Gasteiger partial charge in [-0.2, -0.15) is 0 Å². The Hall–Kier alpha value is -1.24. The summed E-state index contributed by atoms with van der Waals surface area (Å²) in [7, 11) is -3.28. The maximum absolute atomic E-state index is 11.9. The van der Waals surface area contributed by atoms with Crippen molar-refractivity contribution in [2.75, 3.05) is 6.54 Å². The minimum Gasteiger partial charge on any atom is -0.250 e. The molecule has 1 N–H and O–H groups in total. The fourth-order valence-corrected chi connectivity index (χ4v) is 3.52. The second kappa shape index (κ2) is 6.27. The van der Waals surface area contributed by atoms with E-state index in [4.69, 9.17) is 0 Å². The minimum absolute atomic E-state index is 0.0204. The maximum Gasteiger partial charge on any atom is 0.215 e. The number of nitrogens with one attached hydrogen (secondary N) is 1. The zero-order valence-corrected chi connectivity index (χ0v) is 12.3. The van der Waals surface area contributed by atoms with Crippen molar-refractivity contribution in [3.05, 3.63) is 52.0 Å². The smallest absolute Gasteiger partial charge is 0.215 e. The molecule has 0 radical (unpaired) electrons. The van der Waals surface area contributed by atoms with Gasteiger partial charge in [0.2, 0.25) is 10.0 Å². The molecule has 1 aromatic heterocycles. The van der Waals surface area contributed by atoms with E-state index in [0.29, 0.717) is 13.0 Å². The molecule has 2 aromatic rings. The fraction of sp³-hybridized carbons (Fsp3) is 0.308. The predicted octanol–water partition coefficient (Wildman–Crippen LogP) is 2.11. The van der Waals surface area contributed by atoms with Gasteiger partial charge in [0.05, 0.1) is 10.8 Å². The molecule has 0 saturated heterocycles. The van der Waals surface area contributed by atoms with Gasteiger partial charge >= 0.3 is 0 Å². The Morgan fingerprint density at radius 1 is 1.37 bits per heavy atom. The van der Waals surface area contributed by atoms with Crippen molar-refractivity contribution in [1.29, 1.82) is 0 Å². The highest BCUT2D eigenvalue weighted by Gasteiger charge is 2.11. The summed E-state index contributed by atoms with van der Waals surface area (Å²) in [5.41, 5.74) is 1.87. The van der Waals surface area contributed by atoms with Gasteiger partial charge in [0, 0.05) is 24.5 Å². The lowest BCUT2D eigenvalue weighted by molar-refractivity contribution is 0.580. The third kappa shape index (κ3) is 4.74. The number of hydrogen-bond donors (Lipinski definition) is 1. The van der Waals surface area contributed by atoms with Crippen LogP contribution < -0.4 is 4.72 Å². The number of benzene rings is 1. The second-order valence-electron chi connectivity index (χ2n) is 4.32. The SMILES string of the molecule is Cc1cccc(CS(=O)(=O)NCCc2nccs2)c1. The van der Waals surface area contributed by atoms with Crippen molar-refractivity contribution in [2.45, 2.75) is 19.1 Å². The Morgan fingerprint density at radius 2 is 2.21 bits per heavy atom. The average molecular weight is 296 g/mol. The number of nitrogens with zero attached hydrogens (tertiary/aromatic N) is 1. The first-order valence-corrected chi connectivity index (χ1v) is 8.50. The van der Waals surface area contributed by atoms with Crippen LogP contribution in [0.3, 0.4) is 0 Å². The molecule has 0 fully saturated rings. The Balaban J connectivity index is 1.88. The van der Waals surface area contributed by atoms with E-state index in [1.807, 2.05) is 36.6 Å². The quantitative estimate of drug-likeness (QED) is 0.888. The molecule has 0 aliphatic heterocycles. The standard InChI is InChI=1S/C13H16N2O2S2/c1-11-3-2-4-12(9-11)10-19(16,17)15-6-5-13-14-7-8-18-13/h2-4,7-9,15H,5-6,10H2,1H3. The van der Waals surface area contributed by atoms with Gasteiger partial charge in [-0.25, -0.2) is 18.1 Å². The average Bonchev–Trinajstić information content (AvgIpc) is 2.81. The third-order valence-electron chi connectivity index (χ3n) is 2.58. The van der Waals surface area contributed by atoms with Crippen molar-refractivity contribution in [3.63, 3.8) is 0 Å². The van der Waals surface area contributed by atoms with Gasteiger partial charge in [-0.15, -0.1) is 11.3 Å². The van der Waals surface area contributed by atoms with Crippen LogP contribution in [0.25, 0.3) is 0 Å². The largest absolute Gasteiger partial charge is 0.250 e. The molecule has 4 nitrogen and oxygen atoms in total. The van der Waals surface area contributed by atoms with Gasteiger partial charge in [-0.3, -0.25) is 0 Å². The molecule has 102 valence electrons. The van der Waals surface area contributed by atoms with Crippen LogP contribution >= 0.6 is 11.3 Å². The van der Waals surface area contributed by atoms with Crippen LogP contribution in [0.1, 0.15) is 16.1 Å². The zero-order valence-electron chi connectivity index (χ0n) is 10.7. The van der Waals surface area contributed by atoms with Crippen molar-refractivity contribution < 1.29 is 8.42 Å². The van der Waals surface area contributed by atoms with E-state index >= 15 is 0 Å². The topological polar surface area (TPSA) is 59.1 Å². The summed E-state index contributed by atoms with van der Waals surface area (Å²) >= 11 is 1.53. The van der Waals surface area contributed by atoms with E-state index in [9.17, 15) is 8.42 Å². The Kier molecular flexibility index (Phi) is 4.68. The number of sulfonamides is 1. The van der Waals surface area contributed by atoms with Gasteiger partial charge in [0.1, 0.15) is 0 Å². The van der Waals surface area contributed by atoms with E-state index < -0.39 is 10.0 Å². The molecule has 0 spiro atoms. The van der Waals surface area contributed by atoms with E-state index in [-0.39, 0.29) is 5.75 Å². The lowest BCUT2D eigenvalue weighted by Crippen LogP contribution is -2.27. The number of thiazole rings is 1. The number of aromatic nitrogens is 1. The Morgan fingerprint density at radius 3 is 2.89 bits per heavy atom. The van der Waals surface area contributed by atoms with Crippen LogP contribution in [0.5, 0.6) is 0 Å². The highest BCUT2D eigenvalue weighted by atomic mass is 32.2. The van der Waals surface area contributed by atoms with Gasteiger partial charge in [-0.1, -0.05) is 29.8 Å². The van der Waals surface area contributed by atoms with Gasteiger partial charge < -0.3 is 0 Å². The van der Waals surface area contributed by atoms with E-state index in [2.05, 4.69) is 9.71 Å². The molecular weight excluding hydrogens is 280 g/mol. The first kappa shape index (κ1) is 14.2. The van der Waals surface area contributed by atoms with Crippen LogP contribution in [0.2, 0.25) is 0 Å². The zero-order chi connectivity index (χ0) is 13.7. The third-order valence-corrected chi connectivity index (χ3v) is 4.78. The van der Waals surface area contributed by atoms with Gasteiger partial charge in [0.25, 0.3) is 0 Å². The van der Waals surface area contributed by atoms with E-state index in [0.717, 1.165) is 16.1 Å². The molecule has 6 heteroatoms. The molecule has 0 aliphatic rings. The van der Waals surface area contributed by atoms with Crippen molar-refractivity contribution in [3.8, 4) is 0 Å². The maximum atomic E-state index is 11.9. The summed E-state index contributed by atoms with van der Waals surface area (Å²) in [6, 6.07) is 7.54. The molecule has 0 saturated carbocycles. The first-order valence-electron chi connectivity index (χ1n) is 5.96. The number of rotatable bonds is 6. The Labute approximate surface area is 117 Å². The van der Waals surface area contributed by atoms with Crippen molar-refractivity contribution in [1.82, 2.24) is 9.71 Å². The van der Waals surface area contributed by atoms with Crippen molar-refractivity contribution in [2.24, 2.45) is 0 Å². The monoisotopic (exact) mass is 296 g/mol. The highest BCUT2D eigenvalue weighted by Crippen LogP contribution is 2.08. The van der Waals surface area contributed by atoms with Crippen LogP contribution in [0, 0.1) is 6.92 Å². The normalized spacial score (nSPS) is 11.6. The summed E-state index contributed by atoms with van der Waals surface area (Å²) in [5.74, 6) is 0.0204. The fourth-order valence-electron chi connectivity index (χ4n) is 1.76. The first-order chi connectivity index (χ1) is 9.05. The predicted molar refractivity (Wildman–Crippen MR) is 77.6 cm³/mol. The molecule has 0 unspecified atom stereocenters. The number of hydrogen-bond acceptors (Lipinski definition) is 4. The molecule has 1 heterocycles. The highest BCUT2D eigenvalue weighted by molar-refractivity contribution is 7.88. The molecule has 0 aliphatic carbocycles. The molecule has 0 bridgehead atoms. The molecular formula is C13H16N2O2S2. The van der Waals surface area contributed by atoms with Gasteiger partial charge in [0.15, 0.2) is 0 Å². The summed E-state index contributed by atoms with van der Waals surface area (Å²) in [4.78, 5) is 4.12. The number of aryl methyl sites for hydroxylation is 1. The minimum atomic E-state index is -3.28. The molecule has 0 atom stereocenters. The molecule has 0 amide bonds. The van der Waals surface area contributed by atoms with Gasteiger partial charge in [-0.05, 0) is 12.5 Å². The molecule has 2 rings (SSSR count). The molecule has 19 heavy (non-hydrogen) atoms. The summed E-state index contributed by atoms with van der Waals surface area (Å²) in [6.07, 6.45) is 2.35. The lowest BCUT2D eigenvalue weighted by atomic mass is 10.2. The lowest BCUT2D eigenvalue weighted by Gasteiger charge is -2.06. The van der Waals surface area contributed by atoms with Crippen LogP contribution in [-0.2, 0) is 22.2 Å². The van der Waals surface area contributed by atoms with E-state index in [1.54, 1.807) is 6.20 Å². The van der Waals surface area contributed by atoms with Crippen LogP contribution in [0.15, 0.2) is 35.8 Å². The van der Waals surface area contributed by atoms with Crippen molar-refractivity contribution >= 4 is 21.4 Å². The summed E-state index contributed by atoms with van der Waals surface area (Å²) in [5, 5.41) is 2.83. The molecule has 1 aromatic carbocycles. The summed E-state index contributed by atoms with van der Waals surface area (Å²) in [6.45, 7) is 2.34. The van der Waals surface area contributed by atoms with Crippen LogP contribution in [0.4, 0.5) is 0 Å². The summed E-state index contributed by atoms with van der Waals surface area (Å²) < 4.78 is 26.4. The second-order valence-corrected chi connectivity index (χ2v) is 7.10. The van der Waals surface area contributed by atoms with E-state index in [1.165, 1.54) is 11.3 Å². The van der Waals surface area contributed by atoms with Crippen LogP contribution in [-0.4, -0.2) is 19.9 Å².